The van der Waals surface area contributed by atoms with E-state index >= 15 is 0 Å². The first kappa shape index (κ1) is 17.2. The van der Waals surface area contributed by atoms with Crippen LogP contribution in [0.15, 0.2) is 36.4 Å². The van der Waals surface area contributed by atoms with E-state index in [2.05, 4.69) is 20.8 Å². The summed E-state index contributed by atoms with van der Waals surface area (Å²) in [5.74, 6) is 0.195. The molecule has 0 radical (unpaired) electrons. The monoisotopic (exact) mass is 312 g/mol. The van der Waals surface area contributed by atoms with Gasteiger partial charge in [-0.3, -0.25) is 0 Å². The fraction of sp³-hybridized carbons (Fsp3) is 0.350. The summed E-state index contributed by atoms with van der Waals surface area (Å²) in [6, 6.07) is 11.2. The standard InChI is InChI=1S/C20H24O3/c1-13-10-15(12-21)11-14(2)18(13)23-19(22)16-6-8-17(9-7-16)20(3,4)5/h6-11,21H,12H2,1-5H3. The number of rotatable bonds is 3. The van der Waals surface area contributed by atoms with Gasteiger partial charge in [-0.05, 0) is 53.6 Å². The van der Waals surface area contributed by atoms with Gasteiger partial charge in [-0.2, -0.15) is 0 Å². The predicted octanol–water partition coefficient (Wildman–Crippen LogP) is 4.31. The fourth-order valence-corrected chi connectivity index (χ4v) is 2.55. The van der Waals surface area contributed by atoms with E-state index < -0.39 is 0 Å². The lowest BCUT2D eigenvalue weighted by Gasteiger charge is -2.19. The Hall–Kier alpha value is -2.13. The number of hydrogen-bond donors (Lipinski definition) is 1. The van der Waals surface area contributed by atoms with E-state index in [9.17, 15) is 9.90 Å². The Morgan fingerprint density at radius 1 is 1.04 bits per heavy atom. The molecule has 0 aliphatic heterocycles. The summed E-state index contributed by atoms with van der Waals surface area (Å²) in [5.41, 5.74) is 4.25. The molecule has 0 fully saturated rings. The van der Waals surface area contributed by atoms with E-state index in [-0.39, 0.29) is 18.0 Å². The van der Waals surface area contributed by atoms with Crippen molar-refractivity contribution in [3.05, 3.63) is 64.2 Å². The van der Waals surface area contributed by atoms with Gasteiger partial charge >= 0.3 is 5.97 Å². The lowest BCUT2D eigenvalue weighted by Crippen LogP contribution is -2.13. The lowest BCUT2D eigenvalue weighted by molar-refractivity contribution is 0.0732. The molecule has 0 bridgehead atoms. The summed E-state index contributed by atoms with van der Waals surface area (Å²) >= 11 is 0. The zero-order valence-electron chi connectivity index (χ0n) is 14.4. The van der Waals surface area contributed by atoms with Crippen LogP contribution < -0.4 is 4.74 Å². The van der Waals surface area contributed by atoms with Gasteiger partial charge in [0.15, 0.2) is 0 Å². The number of carbonyl (C=O) groups is 1. The van der Waals surface area contributed by atoms with E-state index in [4.69, 9.17) is 4.74 Å². The first-order valence-corrected chi connectivity index (χ1v) is 7.76. The van der Waals surface area contributed by atoms with Crippen LogP contribution in [0.4, 0.5) is 0 Å². The minimum Gasteiger partial charge on any atom is -0.422 e. The Kier molecular flexibility index (Phi) is 4.90. The van der Waals surface area contributed by atoms with E-state index in [0.29, 0.717) is 11.3 Å². The molecule has 2 aromatic carbocycles. The van der Waals surface area contributed by atoms with Crippen molar-refractivity contribution in [1.82, 2.24) is 0 Å². The minimum atomic E-state index is -0.367. The number of aryl methyl sites for hydroxylation is 2. The zero-order valence-corrected chi connectivity index (χ0v) is 14.4. The molecule has 0 amide bonds. The molecule has 0 atom stereocenters. The third-order valence-corrected chi connectivity index (χ3v) is 3.88. The molecule has 1 N–H and O–H groups in total. The van der Waals surface area contributed by atoms with Crippen LogP contribution >= 0.6 is 0 Å². The Balaban J connectivity index is 2.23. The molecule has 23 heavy (non-hydrogen) atoms. The number of carbonyl (C=O) groups excluding carboxylic acids is 1. The summed E-state index contributed by atoms with van der Waals surface area (Å²) in [7, 11) is 0. The maximum absolute atomic E-state index is 12.4. The van der Waals surface area contributed by atoms with E-state index in [1.807, 2.05) is 38.1 Å². The molecule has 0 heterocycles. The number of hydrogen-bond acceptors (Lipinski definition) is 3. The molecular formula is C20H24O3. The molecule has 0 saturated heterocycles. The van der Waals surface area contributed by atoms with Crippen LogP contribution in [0.25, 0.3) is 0 Å². The minimum absolute atomic E-state index is 0.0236. The average Bonchev–Trinajstić information content (AvgIpc) is 2.49. The van der Waals surface area contributed by atoms with Gasteiger partial charge in [0.25, 0.3) is 0 Å². The van der Waals surface area contributed by atoms with Crippen LogP contribution in [0.2, 0.25) is 0 Å². The maximum Gasteiger partial charge on any atom is 0.343 e. The molecule has 3 nitrogen and oxygen atoms in total. The summed E-state index contributed by atoms with van der Waals surface area (Å²) in [5, 5.41) is 9.22. The second kappa shape index (κ2) is 6.55. The maximum atomic E-state index is 12.4. The van der Waals surface area contributed by atoms with Crippen LogP contribution in [0.3, 0.4) is 0 Å². The largest absolute Gasteiger partial charge is 0.422 e. The van der Waals surface area contributed by atoms with Gasteiger partial charge in [-0.25, -0.2) is 4.79 Å². The zero-order chi connectivity index (χ0) is 17.2. The van der Waals surface area contributed by atoms with Crippen LogP contribution in [0.1, 0.15) is 53.4 Å². The quantitative estimate of drug-likeness (QED) is 0.678. The molecule has 3 heteroatoms. The van der Waals surface area contributed by atoms with Gasteiger partial charge < -0.3 is 9.84 Å². The van der Waals surface area contributed by atoms with Gasteiger partial charge in [0.1, 0.15) is 5.75 Å². The highest BCUT2D eigenvalue weighted by Crippen LogP contribution is 2.27. The van der Waals surface area contributed by atoms with Crippen LogP contribution in [-0.2, 0) is 12.0 Å². The fourth-order valence-electron chi connectivity index (χ4n) is 2.55. The molecule has 122 valence electrons. The van der Waals surface area contributed by atoms with E-state index in [1.165, 1.54) is 5.56 Å². The predicted molar refractivity (Wildman–Crippen MR) is 91.9 cm³/mol. The van der Waals surface area contributed by atoms with Crippen LogP contribution in [-0.4, -0.2) is 11.1 Å². The Morgan fingerprint density at radius 3 is 2.00 bits per heavy atom. The molecule has 0 spiro atoms. The Labute approximate surface area is 137 Å². The molecule has 0 aromatic heterocycles. The highest BCUT2D eigenvalue weighted by Gasteiger charge is 2.16. The highest BCUT2D eigenvalue weighted by atomic mass is 16.5. The average molecular weight is 312 g/mol. The summed E-state index contributed by atoms with van der Waals surface area (Å²) in [4.78, 5) is 12.4. The van der Waals surface area contributed by atoms with Crippen molar-refractivity contribution in [2.24, 2.45) is 0 Å². The van der Waals surface area contributed by atoms with E-state index in [0.717, 1.165) is 16.7 Å². The molecule has 0 saturated carbocycles. The van der Waals surface area contributed by atoms with Crippen molar-refractivity contribution < 1.29 is 14.6 Å². The Morgan fingerprint density at radius 2 is 1.57 bits per heavy atom. The van der Waals surface area contributed by atoms with Gasteiger partial charge in [-0.15, -0.1) is 0 Å². The first-order chi connectivity index (χ1) is 10.7. The van der Waals surface area contributed by atoms with Crippen molar-refractivity contribution in [2.75, 3.05) is 0 Å². The number of esters is 1. The number of ether oxygens (including phenoxy) is 1. The summed E-state index contributed by atoms with van der Waals surface area (Å²) < 4.78 is 5.57. The summed E-state index contributed by atoms with van der Waals surface area (Å²) in [6.07, 6.45) is 0. The van der Waals surface area contributed by atoms with Crippen LogP contribution in [0.5, 0.6) is 5.75 Å². The number of aliphatic hydroxyl groups is 1. The molecular weight excluding hydrogens is 288 g/mol. The third-order valence-electron chi connectivity index (χ3n) is 3.88. The van der Waals surface area contributed by atoms with Gasteiger partial charge in [0.2, 0.25) is 0 Å². The second-order valence-electron chi connectivity index (χ2n) is 6.93. The molecule has 0 unspecified atom stereocenters. The molecule has 0 aliphatic rings. The second-order valence-corrected chi connectivity index (χ2v) is 6.93. The van der Waals surface area contributed by atoms with E-state index in [1.54, 1.807) is 12.1 Å². The van der Waals surface area contributed by atoms with Crippen molar-refractivity contribution >= 4 is 5.97 Å². The SMILES string of the molecule is Cc1cc(CO)cc(C)c1OC(=O)c1ccc(C(C)(C)C)cc1. The Bertz CT molecular complexity index is 684. The lowest BCUT2D eigenvalue weighted by atomic mass is 9.87. The highest BCUT2D eigenvalue weighted by molar-refractivity contribution is 5.91. The van der Waals surface area contributed by atoms with Crippen molar-refractivity contribution in [1.29, 1.82) is 0 Å². The van der Waals surface area contributed by atoms with Crippen molar-refractivity contribution in [3.63, 3.8) is 0 Å². The smallest absolute Gasteiger partial charge is 0.343 e. The molecule has 2 aromatic rings. The van der Waals surface area contributed by atoms with Crippen molar-refractivity contribution in [3.8, 4) is 5.75 Å². The number of aliphatic hydroxyl groups excluding tert-OH is 1. The molecule has 0 aliphatic carbocycles. The van der Waals surface area contributed by atoms with Gasteiger partial charge in [0, 0.05) is 0 Å². The number of benzene rings is 2. The third kappa shape index (κ3) is 3.99. The topological polar surface area (TPSA) is 46.5 Å². The normalized spacial score (nSPS) is 11.4. The van der Waals surface area contributed by atoms with Crippen LogP contribution in [0, 0.1) is 13.8 Å². The van der Waals surface area contributed by atoms with Gasteiger partial charge in [-0.1, -0.05) is 45.0 Å². The van der Waals surface area contributed by atoms with Gasteiger partial charge in [0.05, 0.1) is 12.2 Å². The van der Waals surface area contributed by atoms with Crippen molar-refractivity contribution in [2.45, 2.75) is 46.6 Å². The molecule has 2 rings (SSSR count). The summed E-state index contributed by atoms with van der Waals surface area (Å²) in [6.45, 7) is 10.1. The first-order valence-electron chi connectivity index (χ1n) is 7.76.